The highest BCUT2D eigenvalue weighted by Gasteiger charge is 2.10. The van der Waals surface area contributed by atoms with E-state index in [9.17, 15) is 9.90 Å². The van der Waals surface area contributed by atoms with Gasteiger partial charge in [0.2, 0.25) is 0 Å². The van der Waals surface area contributed by atoms with Gasteiger partial charge < -0.3 is 14.9 Å². The zero-order chi connectivity index (χ0) is 12.1. The maximum Gasteiger partial charge on any atom is 0.336 e. The van der Waals surface area contributed by atoms with Crippen molar-refractivity contribution in [2.24, 2.45) is 0 Å². The van der Waals surface area contributed by atoms with E-state index in [0.29, 0.717) is 16.6 Å². The summed E-state index contributed by atoms with van der Waals surface area (Å²) in [4.78, 5) is 10.8. The highest BCUT2D eigenvalue weighted by Crippen LogP contribution is 2.22. The Kier molecular flexibility index (Phi) is 4.76. The van der Waals surface area contributed by atoms with E-state index in [0.717, 1.165) is 0 Å². The maximum absolute atomic E-state index is 10.8. The molecule has 0 aliphatic heterocycles. The molecule has 1 aromatic carbocycles. The zero-order valence-electron chi connectivity index (χ0n) is 8.81. The summed E-state index contributed by atoms with van der Waals surface area (Å²) in [6.07, 6.45) is 0.0689. The van der Waals surface area contributed by atoms with Gasteiger partial charge in [-0.15, -0.1) is 0 Å². The van der Waals surface area contributed by atoms with Gasteiger partial charge in [0.15, 0.2) is 0 Å². The Morgan fingerprint density at radius 1 is 1.56 bits per heavy atom. The Labute approximate surface area is 102 Å². The molecule has 1 atom stereocenters. The molecule has 0 saturated carbocycles. The number of hydrogen-bond acceptors (Lipinski definition) is 3. The van der Waals surface area contributed by atoms with Crippen LogP contribution in [0.5, 0.6) is 5.75 Å². The first-order valence-electron chi connectivity index (χ1n) is 4.88. The standard InChI is InChI=1S/C11H13BrO4/c1-2-7(13)6-16-8-3-4-10(12)9(5-8)11(14)15/h3-5,7,13H,2,6H2,1H3,(H,14,15). The topological polar surface area (TPSA) is 66.8 Å². The molecule has 5 heteroatoms. The summed E-state index contributed by atoms with van der Waals surface area (Å²) in [6.45, 7) is 2.01. The third-order valence-electron chi connectivity index (χ3n) is 2.08. The number of ether oxygens (including phenoxy) is 1. The SMILES string of the molecule is CCC(O)COc1ccc(Br)c(C(=O)O)c1. The minimum atomic E-state index is -1.02. The van der Waals surface area contributed by atoms with Crippen LogP contribution in [-0.2, 0) is 0 Å². The van der Waals surface area contributed by atoms with Gasteiger partial charge in [0.1, 0.15) is 12.4 Å². The Bertz CT molecular complexity index is 378. The predicted octanol–water partition coefficient (Wildman–Crippen LogP) is 2.30. The Hall–Kier alpha value is -1.07. The van der Waals surface area contributed by atoms with Crippen molar-refractivity contribution in [3.05, 3.63) is 28.2 Å². The Morgan fingerprint density at radius 2 is 2.25 bits per heavy atom. The number of aliphatic hydroxyl groups is 1. The number of aliphatic hydroxyl groups excluding tert-OH is 1. The molecule has 88 valence electrons. The molecular formula is C11H13BrO4. The van der Waals surface area contributed by atoms with E-state index in [-0.39, 0.29) is 12.2 Å². The first kappa shape index (κ1) is 13.0. The molecule has 0 saturated heterocycles. The van der Waals surface area contributed by atoms with Crippen molar-refractivity contribution in [3.63, 3.8) is 0 Å². The minimum Gasteiger partial charge on any atom is -0.491 e. The van der Waals surface area contributed by atoms with E-state index in [1.807, 2.05) is 6.92 Å². The van der Waals surface area contributed by atoms with Crippen LogP contribution in [0.4, 0.5) is 0 Å². The number of benzene rings is 1. The van der Waals surface area contributed by atoms with E-state index >= 15 is 0 Å². The maximum atomic E-state index is 10.8. The second kappa shape index (κ2) is 5.86. The minimum absolute atomic E-state index is 0.142. The molecule has 0 aliphatic rings. The number of aromatic carboxylic acids is 1. The summed E-state index contributed by atoms with van der Waals surface area (Å²) in [6, 6.07) is 4.69. The van der Waals surface area contributed by atoms with Crippen molar-refractivity contribution in [1.29, 1.82) is 0 Å². The molecule has 0 aliphatic carbocycles. The summed E-state index contributed by atoms with van der Waals surface area (Å²) in [5.41, 5.74) is 0.142. The van der Waals surface area contributed by atoms with Gasteiger partial charge in [0.25, 0.3) is 0 Å². The van der Waals surface area contributed by atoms with Gasteiger partial charge in [-0.3, -0.25) is 0 Å². The van der Waals surface area contributed by atoms with E-state index in [2.05, 4.69) is 15.9 Å². The average molecular weight is 289 g/mol. The fourth-order valence-electron chi connectivity index (χ4n) is 1.07. The highest BCUT2D eigenvalue weighted by molar-refractivity contribution is 9.10. The normalized spacial score (nSPS) is 12.2. The summed E-state index contributed by atoms with van der Waals surface area (Å²) in [5, 5.41) is 18.2. The van der Waals surface area contributed by atoms with Crippen LogP contribution in [0, 0.1) is 0 Å². The summed E-state index contributed by atoms with van der Waals surface area (Å²) in [5.74, 6) is -0.582. The highest BCUT2D eigenvalue weighted by atomic mass is 79.9. The lowest BCUT2D eigenvalue weighted by Gasteiger charge is -2.11. The number of rotatable bonds is 5. The van der Waals surface area contributed by atoms with Gasteiger partial charge in [-0.05, 0) is 40.5 Å². The fraction of sp³-hybridized carbons (Fsp3) is 0.364. The van der Waals surface area contributed by atoms with E-state index in [1.165, 1.54) is 6.07 Å². The van der Waals surface area contributed by atoms with Crippen LogP contribution in [0.15, 0.2) is 22.7 Å². The number of carboxylic acid groups (broad SMARTS) is 1. The van der Waals surface area contributed by atoms with Crippen LogP contribution in [0.1, 0.15) is 23.7 Å². The number of carboxylic acids is 1. The lowest BCUT2D eigenvalue weighted by atomic mass is 10.2. The van der Waals surface area contributed by atoms with Crippen LogP contribution in [-0.4, -0.2) is 28.9 Å². The van der Waals surface area contributed by atoms with E-state index in [1.54, 1.807) is 12.1 Å². The monoisotopic (exact) mass is 288 g/mol. The molecule has 0 spiro atoms. The number of halogens is 1. The summed E-state index contributed by atoms with van der Waals surface area (Å²) in [7, 11) is 0. The van der Waals surface area contributed by atoms with Gasteiger partial charge >= 0.3 is 5.97 Å². The molecule has 2 N–H and O–H groups in total. The van der Waals surface area contributed by atoms with Gasteiger partial charge in [-0.25, -0.2) is 4.79 Å². The molecule has 0 amide bonds. The Balaban J connectivity index is 2.75. The average Bonchev–Trinajstić information content (AvgIpc) is 2.27. The predicted molar refractivity (Wildman–Crippen MR) is 62.9 cm³/mol. The quantitative estimate of drug-likeness (QED) is 0.872. The Morgan fingerprint density at radius 3 is 2.81 bits per heavy atom. The van der Waals surface area contributed by atoms with Gasteiger partial charge in [-0.2, -0.15) is 0 Å². The smallest absolute Gasteiger partial charge is 0.336 e. The van der Waals surface area contributed by atoms with Crippen molar-refractivity contribution in [1.82, 2.24) is 0 Å². The third-order valence-corrected chi connectivity index (χ3v) is 2.77. The molecule has 4 nitrogen and oxygen atoms in total. The van der Waals surface area contributed by atoms with E-state index < -0.39 is 12.1 Å². The lowest BCUT2D eigenvalue weighted by molar-refractivity contribution is 0.0695. The van der Waals surface area contributed by atoms with Crippen LogP contribution < -0.4 is 4.74 Å². The van der Waals surface area contributed by atoms with Crippen molar-refractivity contribution in [2.75, 3.05) is 6.61 Å². The van der Waals surface area contributed by atoms with Gasteiger partial charge in [0, 0.05) is 4.47 Å². The van der Waals surface area contributed by atoms with E-state index in [4.69, 9.17) is 9.84 Å². The largest absolute Gasteiger partial charge is 0.491 e. The molecule has 0 radical (unpaired) electrons. The summed E-state index contributed by atoms with van der Waals surface area (Å²) >= 11 is 3.14. The number of hydrogen-bond donors (Lipinski definition) is 2. The fourth-order valence-corrected chi connectivity index (χ4v) is 1.48. The third kappa shape index (κ3) is 3.50. The van der Waals surface area contributed by atoms with Crippen LogP contribution in [0.2, 0.25) is 0 Å². The number of carbonyl (C=O) groups is 1. The van der Waals surface area contributed by atoms with Crippen LogP contribution in [0.3, 0.4) is 0 Å². The molecule has 0 fully saturated rings. The van der Waals surface area contributed by atoms with Crippen molar-refractivity contribution < 1.29 is 19.7 Å². The summed E-state index contributed by atoms with van der Waals surface area (Å²) < 4.78 is 5.77. The molecule has 1 rings (SSSR count). The first-order chi connectivity index (χ1) is 7.54. The van der Waals surface area contributed by atoms with Gasteiger partial charge in [-0.1, -0.05) is 6.92 Å². The molecule has 0 aromatic heterocycles. The van der Waals surface area contributed by atoms with Crippen LogP contribution in [0.25, 0.3) is 0 Å². The van der Waals surface area contributed by atoms with Gasteiger partial charge in [0.05, 0.1) is 11.7 Å². The van der Waals surface area contributed by atoms with Crippen LogP contribution >= 0.6 is 15.9 Å². The second-order valence-electron chi connectivity index (χ2n) is 3.32. The molecule has 1 unspecified atom stereocenters. The lowest BCUT2D eigenvalue weighted by Crippen LogP contribution is -2.16. The second-order valence-corrected chi connectivity index (χ2v) is 4.17. The zero-order valence-corrected chi connectivity index (χ0v) is 10.4. The molecule has 0 heterocycles. The van der Waals surface area contributed by atoms with Crippen molar-refractivity contribution in [2.45, 2.75) is 19.4 Å². The molecule has 16 heavy (non-hydrogen) atoms. The van der Waals surface area contributed by atoms with Crippen molar-refractivity contribution in [3.8, 4) is 5.75 Å². The molecular weight excluding hydrogens is 276 g/mol. The molecule has 1 aromatic rings. The molecule has 0 bridgehead atoms. The first-order valence-corrected chi connectivity index (χ1v) is 5.67. The van der Waals surface area contributed by atoms with Crippen molar-refractivity contribution >= 4 is 21.9 Å².